The molecular formula is C15H15BrN4O3. The summed E-state index contributed by atoms with van der Waals surface area (Å²) in [7, 11) is 0. The summed E-state index contributed by atoms with van der Waals surface area (Å²) in [5.74, 6) is 1.34. The van der Waals surface area contributed by atoms with Crippen LogP contribution in [0.5, 0.6) is 0 Å². The molecule has 0 saturated carbocycles. The van der Waals surface area contributed by atoms with Crippen LogP contribution in [0, 0.1) is 0 Å². The fraction of sp³-hybridized carbons (Fsp3) is 0.400. The lowest BCUT2D eigenvalue weighted by molar-refractivity contribution is 0.0169. The van der Waals surface area contributed by atoms with Crippen LogP contribution in [0.4, 0.5) is 0 Å². The molecule has 2 N–H and O–H groups in total. The number of aromatic nitrogens is 4. The van der Waals surface area contributed by atoms with Crippen molar-refractivity contribution in [3.8, 4) is 11.5 Å². The molecule has 1 saturated heterocycles. The van der Waals surface area contributed by atoms with Crippen molar-refractivity contribution in [3.63, 3.8) is 0 Å². The van der Waals surface area contributed by atoms with E-state index in [1.54, 1.807) is 0 Å². The molecule has 0 spiro atoms. The van der Waals surface area contributed by atoms with E-state index >= 15 is 0 Å². The monoisotopic (exact) mass is 378 g/mol. The molecule has 8 heteroatoms. The minimum absolute atomic E-state index is 0.203. The van der Waals surface area contributed by atoms with Gasteiger partial charge in [-0.25, -0.2) is 4.79 Å². The van der Waals surface area contributed by atoms with Gasteiger partial charge in [0.1, 0.15) is 0 Å². The average Bonchev–Trinajstić information content (AvgIpc) is 3.12. The topological polar surface area (TPSA) is 96.8 Å². The number of H-pyrrole nitrogens is 2. The number of aromatic amines is 2. The normalized spacial score (nSPS) is 21.8. The summed E-state index contributed by atoms with van der Waals surface area (Å²) < 4.78 is 11.8. The van der Waals surface area contributed by atoms with Gasteiger partial charge in [-0.1, -0.05) is 21.1 Å². The molecule has 3 aromatic rings. The number of hydrogen-bond acceptors (Lipinski definition) is 5. The van der Waals surface area contributed by atoms with Gasteiger partial charge in [0.05, 0.1) is 22.7 Å². The van der Waals surface area contributed by atoms with Crippen LogP contribution in [-0.4, -0.2) is 32.8 Å². The van der Waals surface area contributed by atoms with E-state index in [-0.39, 0.29) is 17.7 Å². The largest absolute Gasteiger partial charge is 0.378 e. The molecule has 4 rings (SSSR count). The molecule has 1 aliphatic heterocycles. The Balaban J connectivity index is 1.75. The zero-order valence-electron chi connectivity index (χ0n) is 12.4. The summed E-state index contributed by atoms with van der Waals surface area (Å²) in [5, 5.41) is 4.13. The van der Waals surface area contributed by atoms with Crippen molar-refractivity contribution in [1.82, 2.24) is 20.1 Å². The smallest absolute Gasteiger partial charge is 0.323 e. The Labute approximate surface area is 139 Å². The lowest BCUT2D eigenvalue weighted by Crippen LogP contribution is -2.22. The quantitative estimate of drug-likeness (QED) is 0.714. The van der Waals surface area contributed by atoms with E-state index in [1.807, 2.05) is 12.1 Å². The van der Waals surface area contributed by atoms with Crippen molar-refractivity contribution in [2.24, 2.45) is 0 Å². The van der Waals surface area contributed by atoms with Crippen LogP contribution in [-0.2, 0) is 4.74 Å². The molecule has 0 radical (unpaired) electrons. The van der Waals surface area contributed by atoms with Gasteiger partial charge in [0.25, 0.3) is 5.89 Å². The lowest BCUT2D eigenvalue weighted by atomic mass is 9.96. The predicted molar refractivity (Wildman–Crippen MR) is 87.3 cm³/mol. The first kappa shape index (κ1) is 14.6. The number of halogens is 1. The number of ether oxygens (including phenoxy) is 1. The molecule has 2 atom stereocenters. The molecule has 1 fully saturated rings. The number of imidazole rings is 1. The number of nitrogens with zero attached hydrogens (tertiary/aromatic N) is 2. The van der Waals surface area contributed by atoms with Crippen molar-refractivity contribution < 1.29 is 9.26 Å². The Morgan fingerprint density at radius 2 is 2.22 bits per heavy atom. The third-order valence-electron chi connectivity index (χ3n) is 4.11. The Morgan fingerprint density at radius 1 is 1.35 bits per heavy atom. The molecule has 23 heavy (non-hydrogen) atoms. The summed E-state index contributed by atoms with van der Waals surface area (Å²) >= 11 is 3.44. The molecular weight excluding hydrogens is 364 g/mol. The second-order valence-electron chi connectivity index (χ2n) is 5.82. The van der Waals surface area contributed by atoms with Gasteiger partial charge in [0.15, 0.2) is 5.82 Å². The summed E-state index contributed by atoms with van der Waals surface area (Å²) in [5.41, 5.74) is 1.79. The molecule has 2 unspecified atom stereocenters. The molecule has 1 aromatic carbocycles. The van der Waals surface area contributed by atoms with Crippen molar-refractivity contribution in [1.29, 1.82) is 0 Å². The highest BCUT2D eigenvalue weighted by molar-refractivity contribution is 9.10. The van der Waals surface area contributed by atoms with Crippen LogP contribution < -0.4 is 5.69 Å². The van der Waals surface area contributed by atoms with E-state index in [4.69, 9.17) is 9.26 Å². The first-order chi connectivity index (χ1) is 11.1. The molecule has 120 valence electrons. The van der Waals surface area contributed by atoms with Gasteiger partial charge in [0.2, 0.25) is 0 Å². The summed E-state index contributed by atoms with van der Waals surface area (Å²) in [6.45, 7) is 2.76. The van der Waals surface area contributed by atoms with Crippen LogP contribution >= 0.6 is 15.9 Å². The van der Waals surface area contributed by atoms with Crippen molar-refractivity contribution >= 4 is 27.0 Å². The molecule has 0 amide bonds. The summed E-state index contributed by atoms with van der Waals surface area (Å²) in [4.78, 5) is 21.6. The Kier molecular flexibility index (Phi) is 3.57. The van der Waals surface area contributed by atoms with E-state index in [2.05, 4.69) is 43.0 Å². The van der Waals surface area contributed by atoms with Gasteiger partial charge < -0.3 is 19.2 Å². The zero-order valence-corrected chi connectivity index (χ0v) is 14.0. The number of fused-ring (bicyclic) bond motifs is 1. The molecule has 3 heterocycles. The second-order valence-corrected chi connectivity index (χ2v) is 6.73. The van der Waals surface area contributed by atoms with E-state index in [0.29, 0.717) is 34.9 Å². The standard InChI is InChI=1S/C15H15BrN4O3/c1-7-4-8(2-3-22-7)13-19-14(23-20-13)10-5-9(16)6-11-12(10)18-15(21)17-11/h5-8H,2-4H2,1H3,(H2,17,18,21). The van der Waals surface area contributed by atoms with Gasteiger partial charge in [-0.2, -0.15) is 4.98 Å². The third kappa shape index (κ3) is 2.72. The van der Waals surface area contributed by atoms with Crippen LogP contribution in [0.1, 0.15) is 31.5 Å². The third-order valence-corrected chi connectivity index (χ3v) is 4.57. The van der Waals surface area contributed by atoms with Crippen molar-refractivity contribution in [2.45, 2.75) is 31.8 Å². The van der Waals surface area contributed by atoms with Gasteiger partial charge in [-0.05, 0) is 31.9 Å². The molecule has 0 aliphatic carbocycles. The van der Waals surface area contributed by atoms with Gasteiger partial charge >= 0.3 is 5.69 Å². The van der Waals surface area contributed by atoms with Crippen LogP contribution in [0.3, 0.4) is 0 Å². The predicted octanol–water partition coefficient (Wildman–Crippen LogP) is 2.95. The van der Waals surface area contributed by atoms with Gasteiger partial charge in [-0.3, -0.25) is 0 Å². The van der Waals surface area contributed by atoms with E-state index in [9.17, 15) is 4.79 Å². The second kappa shape index (κ2) is 5.61. The fourth-order valence-corrected chi connectivity index (χ4v) is 3.48. The maximum Gasteiger partial charge on any atom is 0.323 e. The molecule has 1 aliphatic rings. The first-order valence-corrected chi connectivity index (χ1v) is 8.26. The fourth-order valence-electron chi connectivity index (χ4n) is 3.02. The van der Waals surface area contributed by atoms with Gasteiger partial charge in [-0.15, -0.1) is 0 Å². The lowest BCUT2D eigenvalue weighted by Gasteiger charge is -2.24. The maximum atomic E-state index is 11.6. The minimum Gasteiger partial charge on any atom is -0.378 e. The highest BCUT2D eigenvalue weighted by atomic mass is 79.9. The van der Waals surface area contributed by atoms with E-state index < -0.39 is 0 Å². The van der Waals surface area contributed by atoms with E-state index in [0.717, 1.165) is 17.3 Å². The average molecular weight is 379 g/mol. The van der Waals surface area contributed by atoms with E-state index in [1.165, 1.54) is 0 Å². The van der Waals surface area contributed by atoms with Crippen LogP contribution in [0.15, 0.2) is 25.9 Å². The Morgan fingerprint density at radius 3 is 3.04 bits per heavy atom. The molecule has 7 nitrogen and oxygen atoms in total. The van der Waals surface area contributed by atoms with Crippen molar-refractivity contribution in [2.75, 3.05) is 6.61 Å². The SMILES string of the molecule is CC1CC(c2noc(-c3cc(Br)cc4[nH]c(=O)[nH]c34)n2)CCO1. The highest BCUT2D eigenvalue weighted by Crippen LogP contribution is 2.32. The van der Waals surface area contributed by atoms with Crippen molar-refractivity contribution in [3.05, 3.63) is 32.9 Å². The van der Waals surface area contributed by atoms with Crippen LogP contribution in [0.25, 0.3) is 22.5 Å². The zero-order chi connectivity index (χ0) is 16.0. The summed E-state index contributed by atoms with van der Waals surface area (Å²) in [6.07, 6.45) is 1.97. The van der Waals surface area contributed by atoms with Crippen LogP contribution in [0.2, 0.25) is 0 Å². The number of hydrogen-bond donors (Lipinski definition) is 2. The highest BCUT2D eigenvalue weighted by Gasteiger charge is 2.26. The maximum absolute atomic E-state index is 11.6. The number of nitrogens with one attached hydrogen (secondary N) is 2. The number of benzene rings is 1. The van der Waals surface area contributed by atoms with Gasteiger partial charge in [0, 0.05) is 17.0 Å². The molecule has 0 bridgehead atoms. The molecule has 2 aromatic heterocycles. The summed E-state index contributed by atoms with van der Waals surface area (Å²) in [6, 6.07) is 3.68. The Hall–Kier alpha value is -1.93. The number of rotatable bonds is 2. The Bertz CT molecular complexity index is 913. The first-order valence-electron chi connectivity index (χ1n) is 7.47. The minimum atomic E-state index is -0.266.